The summed E-state index contributed by atoms with van der Waals surface area (Å²) in [7, 11) is 0. The molecule has 0 aliphatic rings. The van der Waals surface area contributed by atoms with E-state index in [-0.39, 0.29) is 11.0 Å². The first-order valence-electron chi connectivity index (χ1n) is 8.37. The summed E-state index contributed by atoms with van der Waals surface area (Å²) in [5.74, 6) is -3.46. The highest BCUT2D eigenvalue weighted by molar-refractivity contribution is 5.10. The van der Waals surface area contributed by atoms with Crippen LogP contribution in [0.4, 0.5) is 23.8 Å². The number of pyridine rings is 2. The maximum absolute atomic E-state index is 9.85. The summed E-state index contributed by atoms with van der Waals surface area (Å²) in [6, 6.07) is 11.7. The van der Waals surface area contributed by atoms with Crippen molar-refractivity contribution in [3.05, 3.63) is 102 Å². The summed E-state index contributed by atoms with van der Waals surface area (Å²) in [6.45, 7) is 0. The fourth-order valence-corrected chi connectivity index (χ4v) is 1.44. The Balaban J connectivity index is 0. The maximum Gasteiger partial charge on any atom is 0.418 e. The molecule has 36 heavy (non-hydrogen) atoms. The number of hydrogen-bond acceptors (Lipinski definition) is 12. The van der Waals surface area contributed by atoms with Crippen molar-refractivity contribution >= 4 is 23.8 Å². The molecular formula is C14H16N12O10. The van der Waals surface area contributed by atoms with Crippen LogP contribution in [0.15, 0.2) is 61.2 Å². The molecule has 0 aliphatic heterocycles. The predicted octanol–water partition coefficient (Wildman–Crippen LogP) is -2.15. The molecule has 4 aromatic heterocycles. The van der Waals surface area contributed by atoms with Gasteiger partial charge in [-0.2, -0.15) is 0 Å². The number of aromatic nitrogens is 8. The number of nitro groups is 4. The van der Waals surface area contributed by atoms with Crippen molar-refractivity contribution in [1.82, 2.24) is 30.4 Å². The van der Waals surface area contributed by atoms with E-state index in [0.717, 1.165) is 0 Å². The molecule has 6 N–H and O–H groups in total. The minimum Gasteiger partial charge on any atom is -0.417 e. The number of aromatic amines is 2. The molecule has 0 unspecified atom stereocenters. The van der Waals surface area contributed by atoms with Crippen molar-refractivity contribution in [3.63, 3.8) is 0 Å². The van der Waals surface area contributed by atoms with Gasteiger partial charge < -0.3 is 51.4 Å². The zero-order valence-corrected chi connectivity index (χ0v) is 17.5. The Hall–Kier alpha value is -5.90. The van der Waals surface area contributed by atoms with Crippen molar-refractivity contribution in [1.29, 1.82) is 0 Å². The standard InChI is InChI=1S/2C5H5N.2C2N5O4.2H2O/c2*1-2-4-6-5-3-1;2*8-6(9)1-3-2(5-4-1)7(10)11;;/h2*1-5H;;;2*1H2/q;;2*-1;;/p+2. The maximum atomic E-state index is 9.85. The van der Waals surface area contributed by atoms with Crippen LogP contribution in [0, 0.1) is 40.5 Å². The van der Waals surface area contributed by atoms with Gasteiger partial charge in [-0.25, -0.2) is 9.97 Å². The summed E-state index contributed by atoms with van der Waals surface area (Å²) in [5.41, 5.74) is 0. The van der Waals surface area contributed by atoms with Crippen LogP contribution in [0.5, 0.6) is 0 Å². The van der Waals surface area contributed by atoms with E-state index in [9.17, 15) is 40.5 Å². The normalized spacial score (nSPS) is 8.44. The lowest BCUT2D eigenvalue weighted by atomic mass is 10.5. The summed E-state index contributed by atoms with van der Waals surface area (Å²) in [4.78, 5) is 47.1. The van der Waals surface area contributed by atoms with E-state index in [1.807, 2.05) is 61.2 Å². The van der Waals surface area contributed by atoms with E-state index in [1.165, 1.54) is 0 Å². The molecule has 0 fully saturated rings. The highest BCUT2D eigenvalue weighted by atomic mass is 16.6. The molecular weight excluding hydrogens is 496 g/mol. The second kappa shape index (κ2) is 17.6. The van der Waals surface area contributed by atoms with Gasteiger partial charge in [0.05, 0.1) is 0 Å². The molecule has 4 rings (SSSR count). The SMILES string of the molecule is O.O.O=[N+]([O-])c1nnc([N+](=O)[O-])[n-]1.O=[N+]([O-])c1nnc([N+](=O)[O-])[n-]1.c1cc[nH+]cc1.c1cc[nH+]cc1. The van der Waals surface area contributed by atoms with Crippen LogP contribution in [0.3, 0.4) is 0 Å². The fraction of sp³-hybridized carbons (Fsp3) is 0. The Bertz CT molecular complexity index is 983. The number of nitrogens with one attached hydrogen (secondary N) is 2. The highest BCUT2D eigenvalue weighted by Gasteiger charge is 2.16. The number of hydrogen-bond donors (Lipinski definition) is 0. The molecule has 0 aliphatic carbocycles. The van der Waals surface area contributed by atoms with Gasteiger partial charge in [-0.3, -0.25) is 0 Å². The average molecular weight is 512 g/mol. The van der Waals surface area contributed by atoms with Crippen LogP contribution in [-0.4, -0.2) is 51.0 Å². The highest BCUT2D eigenvalue weighted by Crippen LogP contribution is 2.05. The molecule has 22 nitrogen and oxygen atoms in total. The Morgan fingerprint density at radius 1 is 0.500 bits per heavy atom. The molecule has 0 aromatic carbocycles. The van der Waals surface area contributed by atoms with Crippen molar-refractivity contribution < 1.29 is 40.6 Å². The average Bonchev–Trinajstić information content (AvgIpc) is 3.54. The molecule has 4 heterocycles. The van der Waals surface area contributed by atoms with Crippen LogP contribution < -0.4 is 19.9 Å². The van der Waals surface area contributed by atoms with Crippen LogP contribution in [0.1, 0.15) is 0 Å². The number of nitrogens with zero attached hydrogens (tertiary/aromatic N) is 10. The molecule has 0 saturated heterocycles. The van der Waals surface area contributed by atoms with Gasteiger partial charge in [-0.05, 0) is 0 Å². The zero-order valence-electron chi connectivity index (χ0n) is 17.5. The van der Waals surface area contributed by atoms with E-state index in [1.54, 1.807) is 0 Å². The van der Waals surface area contributed by atoms with Crippen LogP contribution in [-0.2, 0) is 0 Å². The monoisotopic (exact) mass is 512 g/mol. The van der Waals surface area contributed by atoms with E-state index in [2.05, 4.69) is 40.3 Å². The van der Waals surface area contributed by atoms with Gasteiger partial charge in [0.1, 0.15) is 0 Å². The largest absolute Gasteiger partial charge is 0.418 e. The lowest BCUT2D eigenvalue weighted by Gasteiger charge is -1.88. The topological polar surface area (TPSA) is 344 Å². The van der Waals surface area contributed by atoms with Crippen LogP contribution >= 0.6 is 0 Å². The Morgan fingerprint density at radius 2 is 0.722 bits per heavy atom. The second-order valence-electron chi connectivity index (χ2n) is 5.01. The summed E-state index contributed by atoms with van der Waals surface area (Å²) in [5, 5.41) is 50.8. The van der Waals surface area contributed by atoms with Crippen molar-refractivity contribution in [2.45, 2.75) is 0 Å². The van der Waals surface area contributed by atoms with Crippen molar-refractivity contribution in [3.8, 4) is 0 Å². The third-order valence-corrected chi connectivity index (χ3v) is 2.73. The molecule has 0 spiro atoms. The molecule has 22 heteroatoms. The number of H-pyrrole nitrogens is 2. The third-order valence-electron chi connectivity index (χ3n) is 2.73. The lowest BCUT2D eigenvalue weighted by molar-refractivity contribution is -0.404. The van der Waals surface area contributed by atoms with E-state index in [0.29, 0.717) is 0 Å². The van der Waals surface area contributed by atoms with E-state index >= 15 is 0 Å². The summed E-state index contributed by atoms with van der Waals surface area (Å²) in [6.07, 6.45) is 7.50. The minimum atomic E-state index is -0.958. The first kappa shape index (κ1) is 32.3. The van der Waals surface area contributed by atoms with Crippen LogP contribution in [0.2, 0.25) is 0 Å². The summed E-state index contributed by atoms with van der Waals surface area (Å²) >= 11 is 0. The first-order chi connectivity index (χ1) is 16.2. The van der Waals surface area contributed by atoms with E-state index < -0.39 is 43.5 Å². The molecule has 0 bridgehead atoms. The smallest absolute Gasteiger partial charge is 0.417 e. The molecule has 4 aromatic rings. The predicted molar refractivity (Wildman–Crippen MR) is 111 cm³/mol. The van der Waals surface area contributed by atoms with Gasteiger partial charge in [0.2, 0.25) is 0 Å². The van der Waals surface area contributed by atoms with E-state index in [4.69, 9.17) is 0 Å². The Morgan fingerprint density at radius 3 is 0.806 bits per heavy atom. The lowest BCUT2D eigenvalue weighted by Crippen LogP contribution is -1.93. The quantitative estimate of drug-likeness (QED) is 0.208. The molecule has 0 atom stereocenters. The molecule has 192 valence electrons. The Kier molecular flexibility index (Phi) is 15.8. The molecule has 0 amide bonds. The van der Waals surface area contributed by atoms with Gasteiger partial charge in [0.25, 0.3) is 0 Å². The van der Waals surface area contributed by atoms with Gasteiger partial charge >= 0.3 is 23.8 Å². The third kappa shape index (κ3) is 12.8. The van der Waals surface area contributed by atoms with Gasteiger partial charge in [0.15, 0.2) is 24.8 Å². The van der Waals surface area contributed by atoms with Crippen LogP contribution in [0.25, 0.3) is 0 Å². The Labute approximate surface area is 197 Å². The van der Waals surface area contributed by atoms with Gasteiger partial charge in [-0.1, -0.05) is 41.8 Å². The van der Waals surface area contributed by atoms with Crippen molar-refractivity contribution in [2.24, 2.45) is 0 Å². The minimum absolute atomic E-state index is 0. The summed E-state index contributed by atoms with van der Waals surface area (Å²) < 4.78 is 0. The zero-order chi connectivity index (χ0) is 25.3. The fourth-order valence-electron chi connectivity index (χ4n) is 1.44. The number of rotatable bonds is 4. The molecule has 0 radical (unpaired) electrons. The van der Waals surface area contributed by atoms with Gasteiger partial charge in [0, 0.05) is 44.7 Å². The first-order valence-corrected chi connectivity index (χ1v) is 8.37. The molecule has 0 saturated carbocycles. The second-order valence-corrected chi connectivity index (χ2v) is 5.01. The van der Waals surface area contributed by atoms with Gasteiger partial charge in [-0.15, -0.1) is 0 Å². The van der Waals surface area contributed by atoms with Crippen molar-refractivity contribution in [2.75, 3.05) is 0 Å².